The first-order chi connectivity index (χ1) is 21.0. The molecule has 0 aliphatic heterocycles. The smallest absolute Gasteiger partial charge is 0.223 e. The second-order valence-corrected chi connectivity index (χ2v) is 17.1. The molecule has 0 spiro atoms. The van der Waals surface area contributed by atoms with Gasteiger partial charge in [-0.3, -0.25) is 9.59 Å². The van der Waals surface area contributed by atoms with E-state index in [4.69, 9.17) is 5.73 Å². The van der Waals surface area contributed by atoms with Gasteiger partial charge in [0.1, 0.15) is 0 Å². The molecule has 43 heavy (non-hydrogen) atoms. The predicted molar refractivity (Wildman–Crippen MR) is 205 cm³/mol. The maximum atomic E-state index is 12.8. The molecule has 0 heterocycles. The van der Waals surface area contributed by atoms with E-state index >= 15 is 0 Å². The first-order valence-electron chi connectivity index (χ1n) is 16.0. The molecule has 0 aromatic heterocycles. The molecule has 13 heteroatoms. The Hall–Kier alpha value is 0.920. The van der Waals surface area contributed by atoms with E-state index in [0.717, 1.165) is 122 Å². The number of aliphatic hydroxyl groups is 1. The van der Waals surface area contributed by atoms with Crippen LogP contribution in [0.5, 0.6) is 0 Å². The minimum atomic E-state index is 0.0228. The van der Waals surface area contributed by atoms with Gasteiger partial charge < -0.3 is 25.5 Å². The summed E-state index contributed by atoms with van der Waals surface area (Å²) < 4.78 is 0. The largest absolute Gasteiger partial charge is 0.395 e. The number of hydrogen-bond acceptors (Lipinski definition) is 11. The van der Waals surface area contributed by atoms with E-state index in [9.17, 15) is 14.7 Å². The van der Waals surface area contributed by atoms with Crippen molar-refractivity contribution < 1.29 is 14.7 Å². The van der Waals surface area contributed by atoms with Gasteiger partial charge in [0.25, 0.3) is 0 Å². The molecule has 0 fully saturated rings. The molecule has 2 amide bonds. The second-order valence-electron chi connectivity index (χ2n) is 10.5. The molecule has 0 radical (unpaired) electrons. The summed E-state index contributed by atoms with van der Waals surface area (Å²) >= 11 is 13.9. The first-order valence-corrected chi connectivity index (χ1v) is 22.4. The summed E-state index contributed by atoms with van der Waals surface area (Å²) in [5, 5.41) is 9.40. The fourth-order valence-corrected chi connectivity index (χ4v) is 9.08. The van der Waals surface area contributed by atoms with Crippen LogP contribution in [-0.4, -0.2) is 155 Å². The molecule has 7 nitrogen and oxygen atoms in total. The maximum absolute atomic E-state index is 12.8. The molecule has 0 bridgehead atoms. The van der Waals surface area contributed by atoms with Crippen LogP contribution in [0, 0.1) is 0 Å². The second kappa shape index (κ2) is 34.3. The molecule has 0 aromatic rings. The van der Waals surface area contributed by atoms with Crippen molar-refractivity contribution in [1.82, 2.24) is 14.7 Å². The van der Waals surface area contributed by atoms with Crippen LogP contribution in [-0.2, 0) is 9.59 Å². The number of nitrogens with two attached hydrogens (primary N) is 1. The third kappa shape index (κ3) is 30.0. The Morgan fingerprint density at radius 2 is 1.00 bits per heavy atom. The summed E-state index contributed by atoms with van der Waals surface area (Å²) in [6.07, 6.45) is 7.74. The number of likely N-dealkylation sites (N-methyl/N-ethyl adjacent to an activating group) is 1. The standard InChI is InChI=1S/C30H62N4O3S6/c1-32(2)14-15-33(12-4-20-40-22-6-18-38)29(36)9-27-42-26-8-24-41-21-5-13-34(16-17-35)30(37)10-28-43-25-7-23-39-19-3-11-31/h35,38H,3-28,31H2,1-2H3. The summed E-state index contributed by atoms with van der Waals surface area (Å²) in [6.45, 7) is 4.53. The quantitative estimate of drug-likeness (QED) is 0.0646. The zero-order valence-corrected chi connectivity index (χ0v) is 32.0. The first kappa shape index (κ1) is 43.9. The number of amides is 2. The molecule has 0 aliphatic carbocycles. The minimum absolute atomic E-state index is 0.0228. The van der Waals surface area contributed by atoms with E-state index in [0.29, 0.717) is 19.4 Å². The number of carbonyl (C=O) groups excluding carboxylic acids is 2. The highest BCUT2D eigenvalue weighted by Crippen LogP contribution is 2.14. The Morgan fingerprint density at radius 3 is 1.44 bits per heavy atom. The van der Waals surface area contributed by atoms with Crippen molar-refractivity contribution in [2.75, 3.05) is 123 Å². The van der Waals surface area contributed by atoms with Crippen molar-refractivity contribution in [2.24, 2.45) is 5.73 Å². The SMILES string of the molecule is CN(C)CCN(CCCSCCCS)C(=O)CCSCCCSCCCN(CCO)C(=O)CCSCCCSCCCN. The fraction of sp³-hybridized carbons (Fsp3) is 0.933. The van der Waals surface area contributed by atoms with Crippen molar-refractivity contribution in [3.8, 4) is 0 Å². The van der Waals surface area contributed by atoms with E-state index in [1.165, 1.54) is 12.2 Å². The molecule has 0 atom stereocenters. The summed E-state index contributed by atoms with van der Waals surface area (Å²) in [5.74, 6) is 12.0. The summed E-state index contributed by atoms with van der Waals surface area (Å²) in [5.41, 5.74) is 5.52. The molecule has 0 saturated carbocycles. The van der Waals surface area contributed by atoms with Crippen LogP contribution in [0.15, 0.2) is 0 Å². The van der Waals surface area contributed by atoms with Crippen molar-refractivity contribution >= 4 is 83.3 Å². The number of aliphatic hydroxyl groups excluding tert-OH is 1. The average Bonchev–Trinajstić information content (AvgIpc) is 2.99. The lowest BCUT2D eigenvalue weighted by Crippen LogP contribution is -2.37. The topological polar surface area (TPSA) is 90.1 Å². The average molecular weight is 719 g/mol. The van der Waals surface area contributed by atoms with Crippen LogP contribution < -0.4 is 5.73 Å². The Bertz CT molecular complexity index is 641. The van der Waals surface area contributed by atoms with Crippen molar-refractivity contribution in [2.45, 2.75) is 51.4 Å². The molecular formula is C30H62N4O3S6. The molecule has 0 aromatic carbocycles. The van der Waals surface area contributed by atoms with Crippen LogP contribution in [0.2, 0.25) is 0 Å². The fourth-order valence-electron chi connectivity index (χ4n) is 3.90. The van der Waals surface area contributed by atoms with Gasteiger partial charge in [-0.2, -0.15) is 71.4 Å². The molecule has 0 saturated heterocycles. The normalized spacial score (nSPS) is 11.4. The van der Waals surface area contributed by atoms with Crippen LogP contribution in [0.25, 0.3) is 0 Å². The number of thioether (sulfide) groups is 5. The highest BCUT2D eigenvalue weighted by molar-refractivity contribution is 8.00. The van der Waals surface area contributed by atoms with Crippen molar-refractivity contribution in [3.63, 3.8) is 0 Å². The number of carbonyl (C=O) groups is 2. The van der Waals surface area contributed by atoms with Crippen LogP contribution in [0.4, 0.5) is 0 Å². The number of nitrogens with zero attached hydrogens (tertiary/aromatic N) is 3. The monoisotopic (exact) mass is 718 g/mol. The van der Waals surface area contributed by atoms with Gasteiger partial charge in [-0.15, -0.1) is 0 Å². The van der Waals surface area contributed by atoms with Gasteiger partial charge in [-0.05, 0) is 111 Å². The summed E-state index contributed by atoms with van der Waals surface area (Å²) in [6, 6.07) is 0. The predicted octanol–water partition coefficient (Wildman–Crippen LogP) is 4.87. The molecule has 0 aliphatic rings. The zero-order chi connectivity index (χ0) is 31.8. The Kier molecular flexibility index (Phi) is 35.0. The van der Waals surface area contributed by atoms with Gasteiger partial charge in [0, 0.05) is 57.1 Å². The molecule has 3 N–H and O–H groups in total. The third-order valence-corrected chi connectivity index (χ3v) is 12.3. The number of hydrogen-bond donors (Lipinski definition) is 3. The van der Waals surface area contributed by atoms with E-state index in [1.807, 2.05) is 63.7 Å². The van der Waals surface area contributed by atoms with E-state index in [2.05, 4.69) is 36.5 Å². The van der Waals surface area contributed by atoms with Crippen molar-refractivity contribution in [1.29, 1.82) is 0 Å². The lowest BCUT2D eigenvalue weighted by atomic mass is 10.3. The van der Waals surface area contributed by atoms with E-state index in [1.54, 1.807) is 0 Å². The van der Waals surface area contributed by atoms with Gasteiger partial charge in [-0.25, -0.2) is 0 Å². The highest BCUT2D eigenvalue weighted by Gasteiger charge is 2.14. The lowest BCUT2D eigenvalue weighted by molar-refractivity contribution is -0.131. The molecule has 256 valence electrons. The summed E-state index contributed by atoms with van der Waals surface area (Å²) in [7, 11) is 4.12. The number of thiol groups is 1. The van der Waals surface area contributed by atoms with Crippen LogP contribution in [0.3, 0.4) is 0 Å². The van der Waals surface area contributed by atoms with Crippen LogP contribution in [0.1, 0.15) is 51.4 Å². The maximum Gasteiger partial charge on any atom is 0.223 e. The van der Waals surface area contributed by atoms with E-state index in [-0.39, 0.29) is 18.4 Å². The van der Waals surface area contributed by atoms with Gasteiger partial charge in [0.15, 0.2) is 0 Å². The minimum Gasteiger partial charge on any atom is -0.395 e. The Balaban J connectivity index is 3.92. The zero-order valence-electron chi connectivity index (χ0n) is 27.1. The van der Waals surface area contributed by atoms with Crippen molar-refractivity contribution in [3.05, 3.63) is 0 Å². The number of rotatable bonds is 33. The van der Waals surface area contributed by atoms with Gasteiger partial charge in [0.05, 0.1) is 6.61 Å². The lowest BCUT2D eigenvalue weighted by Gasteiger charge is -2.24. The van der Waals surface area contributed by atoms with E-state index < -0.39 is 0 Å². The van der Waals surface area contributed by atoms with Crippen LogP contribution >= 0.6 is 71.4 Å². The van der Waals surface area contributed by atoms with Gasteiger partial charge in [-0.1, -0.05) is 0 Å². The summed E-state index contributed by atoms with van der Waals surface area (Å²) in [4.78, 5) is 31.5. The highest BCUT2D eigenvalue weighted by atomic mass is 32.2. The third-order valence-electron chi connectivity index (χ3n) is 6.34. The molecule has 0 unspecified atom stereocenters. The Morgan fingerprint density at radius 1 is 0.581 bits per heavy atom. The molecule has 0 rings (SSSR count). The van der Waals surface area contributed by atoms with Gasteiger partial charge in [0.2, 0.25) is 11.8 Å². The Labute approximate surface area is 291 Å². The molecular weight excluding hydrogens is 657 g/mol. The van der Waals surface area contributed by atoms with Gasteiger partial charge >= 0.3 is 0 Å².